The van der Waals surface area contributed by atoms with Crippen LogP contribution in [0, 0.1) is 5.82 Å². The number of hydrogen-bond donors (Lipinski definition) is 0. The van der Waals surface area contributed by atoms with E-state index in [9.17, 15) is 9.18 Å². The summed E-state index contributed by atoms with van der Waals surface area (Å²) in [5, 5.41) is 2.22. The lowest BCUT2D eigenvalue weighted by Gasteiger charge is -2.43. The van der Waals surface area contributed by atoms with Crippen LogP contribution in [0.3, 0.4) is 0 Å². The van der Waals surface area contributed by atoms with Crippen molar-refractivity contribution in [1.82, 2.24) is 4.98 Å². The van der Waals surface area contributed by atoms with Gasteiger partial charge in [-0.3, -0.25) is 4.79 Å². The topological polar surface area (TPSA) is 39.2 Å². The smallest absolute Gasteiger partial charge is 0.261 e. The van der Waals surface area contributed by atoms with Gasteiger partial charge in [-0.2, -0.15) is 0 Å². The van der Waals surface area contributed by atoms with Crippen LogP contribution >= 0.6 is 0 Å². The largest absolute Gasteiger partial charge is 0.403 e. The number of carbonyl (C=O) groups excluding carboxylic acids is 1. The summed E-state index contributed by atoms with van der Waals surface area (Å²) < 4.78 is 21.5. The van der Waals surface area contributed by atoms with Crippen molar-refractivity contribution in [2.45, 2.75) is 84.8 Å². The highest BCUT2D eigenvalue weighted by molar-refractivity contribution is 6.99. The Hall–Kier alpha value is -3.41. The summed E-state index contributed by atoms with van der Waals surface area (Å²) in [6.07, 6.45) is 4.69. The minimum atomic E-state index is -2.85. The third-order valence-corrected chi connectivity index (χ3v) is 13.1. The molecule has 0 radical (unpaired) electrons. The molecule has 1 heterocycles. The fraction of sp³-hybridized carbons (Fsp3) is 0.351. The second-order valence-corrected chi connectivity index (χ2v) is 16.7. The van der Waals surface area contributed by atoms with Gasteiger partial charge in [-0.05, 0) is 63.0 Å². The zero-order valence-corrected chi connectivity index (χ0v) is 26.9. The average molecular weight is 582 g/mol. The highest BCUT2D eigenvalue weighted by atomic mass is 28.4. The summed E-state index contributed by atoms with van der Waals surface area (Å²) in [4.78, 5) is 17.4. The molecule has 3 aromatic carbocycles. The van der Waals surface area contributed by atoms with Crippen LogP contribution in [-0.4, -0.2) is 19.6 Å². The SMILES string of the molecule is CCCCCc1c(C=O)nc(C(C)C)c(CO[Si](c2ccccc2)(c2ccccc2)C(C)(C)C)c1-c1ccc(F)cc1. The van der Waals surface area contributed by atoms with Gasteiger partial charge in [-0.15, -0.1) is 0 Å². The van der Waals surface area contributed by atoms with E-state index in [1.165, 1.54) is 22.5 Å². The van der Waals surface area contributed by atoms with Crippen molar-refractivity contribution in [2.75, 3.05) is 0 Å². The van der Waals surface area contributed by atoms with Gasteiger partial charge in [0.2, 0.25) is 0 Å². The molecule has 0 unspecified atom stereocenters. The molecular weight excluding hydrogens is 537 g/mol. The van der Waals surface area contributed by atoms with E-state index in [-0.39, 0.29) is 16.8 Å². The number of carbonyl (C=O) groups is 1. The molecule has 3 nitrogen and oxygen atoms in total. The first-order chi connectivity index (χ1) is 20.1. The predicted octanol–water partition coefficient (Wildman–Crippen LogP) is 8.63. The van der Waals surface area contributed by atoms with Gasteiger partial charge in [0.1, 0.15) is 11.5 Å². The number of rotatable bonds is 12. The molecule has 0 bridgehead atoms. The second-order valence-electron chi connectivity index (χ2n) is 12.4. The molecule has 0 aliphatic carbocycles. The summed E-state index contributed by atoms with van der Waals surface area (Å²) in [6.45, 7) is 13.5. The van der Waals surface area contributed by atoms with Gasteiger partial charge in [-0.25, -0.2) is 9.37 Å². The van der Waals surface area contributed by atoms with Gasteiger partial charge in [-0.1, -0.05) is 127 Å². The standard InChI is InChI=1S/C37H44FNO2Si/c1-7-8-11-20-32-34(25-40)39-36(27(2)3)33(35(32)28-21-23-29(38)24-22-28)26-41-42(37(4,5)6,30-16-12-9-13-17-30)31-18-14-10-15-19-31/h9-10,12-19,21-25,27H,7-8,11,20,26H2,1-6H3. The van der Waals surface area contributed by atoms with Crippen molar-refractivity contribution >= 4 is 25.0 Å². The fourth-order valence-electron chi connectivity index (χ4n) is 6.14. The highest BCUT2D eigenvalue weighted by Crippen LogP contribution is 2.40. The lowest BCUT2D eigenvalue weighted by atomic mass is 9.87. The lowest BCUT2D eigenvalue weighted by molar-refractivity contribution is 0.111. The molecule has 0 saturated heterocycles. The number of pyridine rings is 1. The minimum absolute atomic E-state index is 0.0605. The fourth-order valence-corrected chi connectivity index (χ4v) is 10.7. The summed E-state index contributed by atoms with van der Waals surface area (Å²) in [5.74, 6) is -0.226. The Labute approximate surface area is 252 Å². The number of hydrogen-bond acceptors (Lipinski definition) is 3. The quantitative estimate of drug-likeness (QED) is 0.0955. The van der Waals surface area contributed by atoms with Crippen LogP contribution in [0.15, 0.2) is 84.9 Å². The maximum Gasteiger partial charge on any atom is 0.261 e. The molecule has 0 spiro atoms. The monoisotopic (exact) mass is 581 g/mol. The first kappa shape index (κ1) is 31.5. The molecule has 4 aromatic rings. The number of nitrogens with zero attached hydrogens (tertiary/aromatic N) is 1. The Kier molecular flexibility index (Phi) is 10.3. The Morgan fingerprint density at radius 2 is 1.43 bits per heavy atom. The molecule has 220 valence electrons. The molecule has 0 fully saturated rings. The van der Waals surface area contributed by atoms with Crippen LogP contribution in [0.4, 0.5) is 4.39 Å². The van der Waals surface area contributed by atoms with Crippen LogP contribution in [0.5, 0.6) is 0 Å². The molecule has 0 N–H and O–H groups in total. The van der Waals surface area contributed by atoms with Crippen molar-refractivity contribution in [3.05, 3.63) is 113 Å². The summed E-state index contributed by atoms with van der Waals surface area (Å²) in [6, 6.07) is 27.8. The van der Waals surface area contributed by atoms with Crippen LogP contribution < -0.4 is 10.4 Å². The maximum atomic E-state index is 14.1. The number of halogens is 1. The zero-order chi connectivity index (χ0) is 30.3. The van der Waals surface area contributed by atoms with E-state index in [1.807, 2.05) is 24.3 Å². The van der Waals surface area contributed by atoms with Gasteiger partial charge in [0.05, 0.1) is 6.61 Å². The average Bonchev–Trinajstić information content (AvgIpc) is 2.98. The number of aromatic nitrogens is 1. The van der Waals surface area contributed by atoms with E-state index in [0.29, 0.717) is 12.3 Å². The van der Waals surface area contributed by atoms with Crippen molar-refractivity contribution in [1.29, 1.82) is 0 Å². The molecule has 0 aliphatic heterocycles. The molecule has 42 heavy (non-hydrogen) atoms. The third-order valence-electron chi connectivity index (χ3n) is 8.13. The van der Waals surface area contributed by atoms with Crippen LogP contribution in [0.25, 0.3) is 11.1 Å². The predicted molar refractivity (Wildman–Crippen MR) is 175 cm³/mol. The molecule has 0 atom stereocenters. The third kappa shape index (κ3) is 6.48. The van der Waals surface area contributed by atoms with Crippen molar-refractivity contribution < 1.29 is 13.6 Å². The summed E-state index contributed by atoms with van der Waals surface area (Å²) in [5.41, 5.74) is 5.09. The van der Waals surface area contributed by atoms with Gasteiger partial charge < -0.3 is 4.43 Å². The Bertz CT molecular complexity index is 1420. The van der Waals surface area contributed by atoms with Crippen molar-refractivity contribution in [3.63, 3.8) is 0 Å². The van der Waals surface area contributed by atoms with E-state index in [4.69, 9.17) is 9.41 Å². The minimum Gasteiger partial charge on any atom is -0.403 e. The van der Waals surface area contributed by atoms with Crippen molar-refractivity contribution in [3.8, 4) is 11.1 Å². The lowest BCUT2D eigenvalue weighted by Crippen LogP contribution is -2.66. The molecule has 0 aliphatic rings. The first-order valence-corrected chi connectivity index (χ1v) is 17.1. The maximum absolute atomic E-state index is 14.1. The van der Waals surface area contributed by atoms with Gasteiger partial charge in [0, 0.05) is 11.3 Å². The molecule has 5 heteroatoms. The van der Waals surface area contributed by atoms with E-state index < -0.39 is 8.32 Å². The normalized spacial score (nSPS) is 12.1. The molecule has 4 rings (SSSR count). The van der Waals surface area contributed by atoms with E-state index in [0.717, 1.165) is 59.9 Å². The van der Waals surface area contributed by atoms with E-state index in [2.05, 4.69) is 90.1 Å². The molecule has 0 saturated carbocycles. The second kappa shape index (κ2) is 13.7. The Balaban J connectivity index is 1.99. The van der Waals surface area contributed by atoms with E-state index >= 15 is 0 Å². The van der Waals surface area contributed by atoms with Crippen molar-refractivity contribution in [2.24, 2.45) is 0 Å². The Morgan fingerprint density at radius 3 is 1.90 bits per heavy atom. The van der Waals surface area contributed by atoms with Crippen LogP contribution in [-0.2, 0) is 17.5 Å². The molecule has 0 amide bonds. The Morgan fingerprint density at radius 1 is 0.857 bits per heavy atom. The van der Waals surface area contributed by atoms with Gasteiger partial charge in [0.15, 0.2) is 6.29 Å². The van der Waals surface area contributed by atoms with Gasteiger partial charge >= 0.3 is 0 Å². The molecule has 1 aromatic heterocycles. The number of benzene rings is 3. The number of aldehydes is 1. The van der Waals surface area contributed by atoms with E-state index in [1.54, 1.807) is 0 Å². The highest BCUT2D eigenvalue weighted by Gasteiger charge is 2.50. The first-order valence-electron chi connectivity index (χ1n) is 15.2. The summed E-state index contributed by atoms with van der Waals surface area (Å²) >= 11 is 0. The van der Waals surface area contributed by atoms with Crippen LogP contribution in [0.1, 0.15) is 94.0 Å². The summed E-state index contributed by atoms with van der Waals surface area (Å²) in [7, 11) is -2.85. The number of unbranched alkanes of at least 4 members (excludes halogenated alkanes) is 2. The van der Waals surface area contributed by atoms with Gasteiger partial charge in [0.25, 0.3) is 8.32 Å². The molecular formula is C37H44FNO2Si. The zero-order valence-electron chi connectivity index (χ0n) is 25.9. The van der Waals surface area contributed by atoms with Crippen LogP contribution in [0.2, 0.25) is 5.04 Å².